The molecule has 0 amide bonds. The van der Waals surface area contributed by atoms with Gasteiger partial charge in [0.1, 0.15) is 0 Å². The molecule has 1 N–H and O–H groups in total. The fraction of sp³-hybridized carbons (Fsp3) is 1.00. The van der Waals surface area contributed by atoms with Gasteiger partial charge in [-0.1, -0.05) is 53.9 Å². The Morgan fingerprint density at radius 3 is 2.29 bits per heavy atom. The average molecular weight is 431 g/mol. The molecule has 31 heavy (non-hydrogen) atoms. The molecule has 4 aliphatic rings. The molecular weight excluding hydrogens is 376 g/mol. The molecule has 9 atom stereocenters. The number of hydrogen-bond acceptors (Lipinski definition) is 1. The second-order valence-corrected chi connectivity index (χ2v) is 13.7. The maximum Gasteiger partial charge on any atom is 0.0431 e. The molecule has 1 unspecified atom stereocenters. The highest BCUT2D eigenvalue weighted by molar-refractivity contribution is 5.09. The van der Waals surface area contributed by atoms with E-state index in [2.05, 4.69) is 34.6 Å². The lowest BCUT2D eigenvalue weighted by Crippen LogP contribution is -2.53. The molecule has 1 nitrogen and oxygen atoms in total. The SMILES string of the molecule is CC(C)CCC[C@@H](C)[C@H]1CC[C@H]2[C@@H]3CCC4C[C@@H](CCCO)CC[C@]4(C)[C@H]3CC[C@]12C. The van der Waals surface area contributed by atoms with Crippen molar-refractivity contribution in [3.05, 3.63) is 0 Å². The minimum Gasteiger partial charge on any atom is -0.396 e. The van der Waals surface area contributed by atoms with Crippen molar-refractivity contribution in [2.75, 3.05) is 6.61 Å². The standard InChI is InChI=1S/C30H54O/c1-21(2)8-6-9-22(3)26-13-14-27-25-12-11-24-20-23(10-7-19-31)15-17-29(24,4)28(25)16-18-30(26,27)5/h21-28,31H,6-20H2,1-5H3/t22-,23+,24?,25+,26-,27+,28+,29+,30-/m1/s1. The Kier molecular flexibility index (Phi) is 7.52. The number of aliphatic hydroxyl groups is 1. The van der Waals surface area contributed by atoms with Crippen LogP contribution in [0.5, 0.6) is 0 Å². The van der Waals surface area contributed by atoms with Crippen LogP contribution in [0.4, 0.5) is 0 Å². The normalized spacial score (nSPS) is 45.8. The van der Waals surface area contributed by atoms with E-state index < -0.39 is 0 Å². The molecule has 0 spiro atoms. The third kappa shape index (κ3) is 4.52. The second kappa shape index (κ2) is 9.68. The Labute approximate surface area is 194 Å². The molecule has 0 heterocycles. The molecular formula is C30H54O. The first-order chi connectivity index (χ1) is 14.8. The summed E-state index contributed by atoms with van der Waals surface area (Å²) in [5, 5.41) is 9.28. The van der Waals surface area contributed by atoms with Crippen LogP contribution in [0, 0.1) is 58.2 Å². The van der Waals surface area contributed by atoms with E-state index >= 15 is 0 Å². The van der Waals surface area contributed by atoms with Crippen LogP contribution in [0.25, 0.3) is 0 Å². The summed E-state index contributed by atoms with van der Waals surface area (Å²) in [5.74, 6) is 7.73. The first-order valence-corrected chi connectivity index (χ1v) is 14.4. The van der Waals surface area contributed by atoms with E-state index in [0.29, 0.717) is 17.4 Å². The quantitative estimate of drug-likeness (QED) is 0.409. The summed E-state index contributed by atoms with van der Waals surface area (Å²) in [6.07, 6.45) is 20.2. The van der Waals surface area contributed by atoms with Crippen LogP contribution in [0.15, 0.2) is 0 Å². The van der Waals surface area contributed by atoms with Gasteiger partial charge in [-0.2, -0.15) is 0 Å². The Hall–Kier alpha value is -0.0400. The molecule has 4 saturated carbocycles. The lowest BCUT2D eigenvalue weighted by atomic mass is 9.44. The van der Waals surface area contributed by atoms with E-state index in [-0.39, 0.29) is 0 Å². The maximum atomic E-state index is 9.28. The van der Waals surface area contributed by atoms with Crippen LogP contribution in [0.1, 0.15) is 125 Å². The van der Waals surface area contributed by atoms with Gasteiger partial charge in [-0.3, -0.25) is 0 Å². The summed E-state index contributed by atoms with van der Waals surface area (Å²) in [6, 6.07) is 0. The van der Waals surface area contributed by atoms with E-state index in [1.54, 1.807) is 0 Å². The van der Waals surface area contributed by atoms with Crippen molar-refractivity contribution in [3.8, 4) is 0 Å². The highest BCUT2D eigenvalue weighted by Crippen LogP contribution is 2.68. The topological polar surface area (TPSA) is 20.2 Å². The maximum absolute atomic E-state index is 9.28. The van der Waals surface area contributed by atoms with Gasteiger partial charge in [0.15, 0.2) is 0 Å². The zero-order chi connectivity index (χ0) is 22.2. The van der Waals surface area contributed by atoms with Crippen molar-refractivity contribution in [1.82, 2.24) is 0 Å². The van der Waals surface area contributed by atoms with Gasteiger partial charge >= 0.3 is 0 Å². The van der Waals surface area contributed by atoms with Crippen LogP contribution in [-0.4, -0.2) is 11.7 Å². The highest BCUT2D eigenvalue weighted by Gasteiger charge is 2.60. The summed E-state index contributed by atoms with van der Waals surface area (Å²) < 4.78 is 0. The molecule has 4 fully saturated rings. The Morgan fingerprint density at radius 1 is 0.806 bits per heavy atom. The van der Waals surface area contributed by atoms with Crippen LogP contribution < -0.4 is 0 Å². The lowest BCUT2D eigenvalue weighted by molar-refractivity contribution is -0.121. The number of rotatable bonds is 8. The Bertz CT molecular complexity index is 583. The molecule has 0 aliphatic heterocycles. The van der Waals surface area contributed by atoms with Gasteiger partial charge in [-0.25, -0.2) is 0 Å². The molecule has 4 rings (SSSR count). The molecule has 0 aromatic heterocycles. The third-order valence-corrected chi connectivity index (χ3v) is 11.7. The highest BCUT2D eigenvalue weighted by atomic mass is 16.2. The Morgan fingerprint density at radius 2 is 1.55 bits per heavy atom. The summed E-state index contributed by atoms with van der Waals surface area (Å²) in [4.78, 5) is 0. The zero-order valence-corrected chi connectivity index (χ0v) is 21.7. The largest absolute Gasteiger partial charge is 0.396 e. The Balaban J connectivity index is 1.41. The number of aliphatic hydroxyl groups excluding tert-OH is 1. The zero-order valence-electron chi connectivity index (χ0n) is 21.7. The van der Waals surface area contributed by atoms with Crippen LogP contribution >= 0.6 is 0 Å². The van der Waals surface area contributed by atoms with Crippen molar-refractivity contribution >= 4 is 0 Å². The minimum atomic E-state index is 0.389. The monoisotopic (exact) mass is 430 g/mol. The summed E-state index contributed by atoms with van der Waals surface area (Å²) in [7, 11) is 0. The summed E-state index contributed by atoms with van der Waals surface area (Å²) >= 11 is 0. The predicted octanol–water partition coefficient (Wildman–Crippen LogP) is 8.50. The van der Waals surface area contributed by atoms with Crippen molar-refractivity contribution < 1.29 is 5.11 Å². The van der Waals surface area contributed by atoms with Crippen LogP contribution in [-0.2, 0) is 0 Å². The molecule has 0 aromatic rings. The smallest absolute Gasteiger partial charge is 0.0431 e. The summed E-state index contributed by atoms with van der Waals surface area (Å²) in [6.45, 7) is 13.2. The molecule has 4 aliphatic carbocycles. The average Bonchev–Trinajstić information content (AvgIpc) is 3.09. The summed E-state index contributed by atoms with van der Waals surface area (Å²) in [5.41, 5.74) is 1.26. The fourth-order valence-electron chi connectivity index (χ4n) is 10.0. The van der Waals surface area contributed by atoms with Crippen LogP contribution in [0.3, 0.4) is 0 Å². The van der Waals surface area contributed by atoms with Gasteiger partial charge < -0.3 is 5.11 Å². The van der Waals surface area contributed by atoms with Gasteiger partial charge in [0.25, 0.3) is 0 Å². The van der Waals surface area contributed by atoms with Crippen molar-refractivity contribution in [3.63, 3.8) is 0 Å². The van der Waals surface area contributed by atoms with Crippen molar-refractivity contribution in [2.45, 2.75) is 125 Å². The van der Waals surface area contributed by atoms with E-state index in [1.807, 2.05) is 0 Å². The van der Waals surface area contributed by atoms with Crippen LogP contribution in [0.2, 0.25) is 0 Å². The van der Waals surface area contributed by atoms with E-state index in [0.717, 1.165) is 53.8 Å². The number of hydrogen-bond donors (Lipinski definition) is 1. The molecule has 1 heteroatoms. The molecule has 180 valence electrons. The second-order valence-electron chi connectivity index (χ2n) is 13.7. The third-order valence-electron chi connectivity index (χ3n) is 11.7. The van der Waals surface area contributed by atoms with Crippen molar-refractivity contribution in [2.24, 2.45) is 58.2 Å². The van der Waals surface area contributed by atoms with Crippen molar-refractivity contribution in [1.29, 1.82) is 0 Å². The fourth-order valence-corrected chi connectivity index (χ4v) is 10.0. The van der Waals surface area contributed by atoms with Gasteiger partial charge in [-0.05, 0) is 129 Å². The first-order valence-electron chi connectivity index (χ1n) is 14.4. The van der Waals surface area contributed by atoms with Gasteiger partial charge in [0.2, 0.25) is 0 Å². The molecule has 0 bridgehead atoms. The molecule has 0 radical (unpaired) electrons. The first kappa shape index (κ1) is 24.1. The van der Waals surface area contributed by atoms with E-state index in [4.69, 9.17) is 0 Å². The molecule has 0 aromatic carbocycles. The number of fused-ring (bicyclic) bond motifs is 5. The van der Waals surface area contributed by atoms with Gasteiger partial charge in [0, 0.05) is 6.61 Å². The van der Waals surface area contributed by atoms with E-state index in [1.165, 1.54) is 83.5 Å². The minimum absolute atomic E-state index is 0.389. The molecule has 0 saturated heterocycles. The van der Waals surface area contributed by atoms with Gasteiger partial charge in [-0.15, -0.1) is 0 Å². The predicted molar refractivity (Wildman–Crippen MR) is 133 cm³/mol. The van der Waals surface area contributed by atoms with E-state index in [9.17, 15) is 5.11 Å². The van der Waals surface area contributed by atoms with Gasteiger partial charge in [0.05, 0.1) is 0 Å². The lowest BCUT2D eigenvalue weighted by Gasteiger charge is -2.61.